The van der Waals surface area contributed by atoms with Crippen molar-refractivity contribution in [3.63, 3.8) is 0 Å². The van der Waals surface area contributed by atoms with Crippen LogP contribution in [0.3, 0.4) is 0 Å². The van der Waals surface area contributed by atoms with Crippen molar-refractivity contribution in [3.05, 3.63) is 59.2 Å². The normalized spacial score (nSPS) is 10.8. The topological polar surface area (TPSA) is 65.9 Å². The molecule has 0 aliphatic heterocycles. The summed E-state index contributed by atoms with van der Waals surface area (Å²) in [6.07, 6.45) is 0.695. The molecule has 136 valence electrons. The summed E-state index contributed by atoms with van der Waals surface area (Å²) in [5, 5.41) is 16.5. The van der Waals surface area contributed by atoms with Crippen molar-refractivity contribution < 1.29 is 9.84 Å². The average Bonchev–Trinajstić information content (AvgIpc) is 2.60. The van der Waals surface area contributed by atoms with Crippen LogP contribution < -0.4 is 15.4 Å². The van der Waals surface area contributed by atoms with Gasteiger partial charge in [0.05, 0.1) is 7.11 Å². The molecule has 0 spiro atoms. The highest BCUT2D eigenvalue weighted by Crippen LogP contribution is 2.23. The van der Waals surface area contributed by atoms with Crippen LogP contribution in [0.5, 0.6) is 11.5 Å². The van der Waals surface area contributed by atoms with Gasteiger partial charge in [-0.05, 0) is 36.1 Å². The van der Waals surface area contributed by atoms with Crippen LogP contribution in [-0.4, -0.2) is 31.8 Å². The van der Waals surface area contributed by atoms with E-state index in [0.29, 0.717) is 18.7 Å². The van der Waals surface area contributed by atoms with Gasteiger partial charge >= 0.3 is 0 Å². The van der Waals surface area contributed by atoms with Crippen molar-refractivity contribution in [2.75, 3.05) is 20.7 Å². The van der Waals surface area contributed by atoms with Crippen molar-refractivity contribution in [2.45, 2.75) is 19.9 Å². The second-order valence-corrected chi connectivity index (χ2v) is 5.52. The lowest BCUT2D eigenvalue weighted by atomic mass is 10.1. The number of benzene rings is 2. The summed E-state index contributed by atoms with van der Waals surface area (Å²) >= 11 is 0. The molecule has 0 atom stereocenters. The summed E-state index contributed by atoms with van der Waals surface area (Å²) < 4.78 is 5.09. The molecule has 2 aromatic rings. The number of hydrogen-bond donors (Lipinski definition) is 3. The van der Waals surface area contributed by atoms with Gasteiger partial charge in [-0.2, -0.15) is 0 Å². The first-order valence-corrected chi connectivity index (χ1v) is 7.99. The third kappa shape index (κ3) is 6.45. The second-order valence-electron chi connectivity index (χ2n) is 5.52. The Bertz CT molecular complexity index is 705. The first kappa shape index (κ1) is 21.1. The molecule has 0 radical (unpaired) electrons. The fraction of sp³-hybridized carbons (Fsp3) is 0.316. The van der Waals surface area contributed by atoms with Crippen molar-refractivity contribution in [3.8, 4) is 11.5 Å². The molecule has 0 fully saturated rings. The lowest BCUT2D eigenvalue weighted by molar-refractivity contribution is 0.406. The smallest absolute Gasteiger partial charge is 0.191 e. The minimum Gasteiger partial charge on any atom is -0.508 e. The SMILES string of the molecule is CN=C(NCCc1ccc(OC)cc1O)NCc1ccccc1C.I. The molecule has 25 heavy (non-hydrogen) atoms. The summed E-state index contributed by atoms with van der Waals surface area (Å²) in [5.74, 6) is 1.64. The number of rotatable bonds is 6. The fourth-order valence-electron chi connectivity index (χ4n) is 2.41. The zero-order chi connectivity index (χ0) is 17.4. The molecule has 0 saturated carbocycles. The molecule has 0 aromatic heterocycles. The third-order valence-corrected chi connectivity index (χ3v) is 3.91. The molecule has 0 aliphatic carbocycles. The van der Waals surface area contributed by atoms with Crippen molar-refractivity contribution >= 4 is 29.9 Å². The van der Waals surface area contributed by atoms with Gasteiger partial charge in [0.15, 0.2) is 5.96 Å². The standard InChI is InChI=1S/C19H25N3O2.HI/c1-14-6-4-5-7-16(14)13-22-19(20-2)21-11-10-15-8-9-17(24-3)12-18(15)23;/h4-9,12,23H,10-11,13H2,1-3H3,(H2,20,21,22);1H. The Morgan fingerprint density at radius 1 is 1.12 bits per heavy atom. The molecule has 3 N–H and O–H groups in total. The minimum atomic E-state index is 0. The highest BCUT2D eigenvalue weighted by Gasteiger charge is 2.04. The number of guanidine groups is 1. The van der Waals surface area contributed by atoms with E-state index < -0.39 is 0 Å². The number of aromatic hydroxyl groups is 1. The lowest BCUT2D eigenvalue weighted by Gasteiger charge is -2.13. The molecule has 0 amide bonds. The number of methoxy groups -OCH3 is 1. The van der Waals surface area contributed by atoms with E-state index in [1.807, 2.05) is 24.3 Å². The van der Waals surface area contributed by atoms with Gasteiger partial charge in [0.2, 0.25) is 0 Å². The molecule has 2 aromatic carbocycles. The van der Waals surface area contributed by atoms with Gasteiger partial charge in [-0.15, -0.1) is 24.0 Å². The van der Waals surface area contributed by atoms with E-state index in [9.17, 15) is 5.11 Å². The Labute approximate surface area is 166 Å². The molecule has 0 aliphatic rings. The van der Waals surface area contributed by atoms with Gasteiger partial charge in [0, 0.05) is 26.2 Å². The monoisotopic (exact) mass is 455 g/mol. The van der Waals surface area contributed by atoms with Crippen LogP contribution in [0.1, 0.15) is 16.7 Å². The summed E-state index contributed by atoms with van der Waals surface area (Å²) in [4.78, 5) is 4.23. The number of ether oxygens (including phenoxy) is 1. The predicted molar refractivity (Wildman–Crippen MR) is 113 cm³/mol. The second kappa shape index (κ2) is 10.8. The van der Waals surface area contributed by atoms with E-state index in [1.165, 1.54) is 11.1 Å². The number of aryl methyl sites for hydroxylation is 1. The number of aliphatic imine (C=N–C) groups is 1. The number of phenolic OH excluding ortho intramolecular Hbond substituents is 1. The maximum Gasteiger partial charge on any atom is 0.191 e. The van der Waals surface area contributed by atoms with Crippen LogP contribution in [0.25, 0.3) is 0 Å². The van der Waals surface area contributed by atoms with Crippen molar-refractivity contribution in [1.29, 1.82) is 0 Å². The number of nitrogens with one attached hydrogen (secondary N) is 2. The van der Waals surface area contributed by atoms with Crippen LogP contribution in [-0.2, 0) is 13.0 Å². The van der Waals surface area contributed by atoms with Crippen molar-refractivity contribution in [1.82, 2.24) is 10.6 Å². The first-order valence-electron chi connectivity index (χ1n) is 7.99. The van der Waals surface area contributed by atoms with Crippen LogP contribution >= 0.6 is 24.0 Å². The Morgan fingerprint density at radius 3 is 2.52 bits per heavy atom. The Kier molecular flexibility index (Phi) is 9.12. The molecule has 0 bridgehead atoms. The van der Waals surface area contributed by atoms with Gasteiger partial charge < -0.3 is 20.5 Å². The fourth-order valence-corrected chi connectivity index (χ4v) is 2.41. The maximum atomic E-state index is 9.97. The summed E-state index contributed by atoms with van der Waals surface area (Å²) in [7, 11) is 3.33. The number of halogens is 1. The first-order chi connectivity index (χ1) is 11.6. The molecule has 0 heterocycles. The Hall–Kier alpha value is -1.96. The van der Waals surface area contributed by atoms with E-state index in [2.05, 4.69) is 34.7 Å². The minimum absolute atomic E-state index is 0. The van der Waals surface area contributed by atoms with Gasteiger partial charge in [0.25, 0.3) is 0 Å². The van der Waals surface area contributed by atoms with Crippen molar-refractivity contribution in [2.24, 2.45) is 4.99 Å². The molecular weight excluding hydrogens is 429 g/mol. The summed E-state index contributed by atoms with van der Waals surface area (Å²) in [6.45, 7) is 3.49. The lowest BCUT2D eigenvalue weighted by Crippen LogP contribution is -2.38. The molecule has 5 nitrogen and oxygen atoms in total. The molecule has 0 unspecified atom stereocenters. The van der Waals surface area contributed by atoms with Gasteiger partial charge in [0.1, 0.15) is 11.5 Å². The van der Waals surface area contributed by atoms with Gasteiger partial charge in [-0.3, -0.25) is 4.99 Å². The van der Waals surface area contributed by atoms with E-state index in [-0.39, 0.29) is 29.7 Å². The third-order valence-electron chi connectivity index (χ3n) is 3.91. The molecule has 0 saturated heterocycles. The number of phenols is 1. The van der Waals surface area contributed by atoms with Crippen LogP contribution in [0.2, 0.25) is 0 Å². The highest BCUT2D eigenvalue weighted by atomic mass is 127. The Morgan fingerprint density at radius 2 is 1.88 bits per heavy atom. The van der Waals surface area contributed by atoms with Crippen LogP contribution in [0.15, 0.2) is 47.5 Å². The zero-order valence-electron chi connectivity index (χ0n) is 14.9. The van der Waals surface area contributed by atoms with E-state index >= 15 is 0 Å². The Balaban J connectivity index is 0.00000312. The molecular formula is C19H26IN3O2. The number of hydrogen-bond acceptors (Lipinski definition) is 3. The highest BCUT2D eigenvalue weighted by molar-refractivity contribution is 14.0. The molecule has 6 heteroatoms. The maximum absolute atomic E-state index is 9.97. The van der Waals surface area contributed by atoms with E-state index in [0.717, 1.165) is 18.1 Å². The predicted octanol–water partition coefficient (Wildman–Crippen LogP) is 3.23. The van der Waals surface area contributed by atoms with Gasteiger partial charge in [-0.25, -0.2) is 0 Å². The van der Waals surface area contributed by atoms with E-state index in [1.54, 1.807) is 20.2 Å². The van der Waals surface area contributed by atoms with Crippen LogP contribution in [0, 0.1) is 6.92 Å². The van der Waals surface area contributed by atoms with E-state index in [4.69, 9.17) is 4.74 Å². The summed E-state index contributed by atoms with van der Waals surface area (Å²) in [5.41, 5.74) is 3.37. The van der Waals surface area contributed by atoms with Crippen LogP contribution in [0.4, 0.5) is 0 Å². The summed E-state index contributed by atoms with van der Waals surface area (Å²) in [6, 6.07) is 13.6. The quantitative estimate of drug-likeness (QED) is 0.356. The largest absolute Gasteiger partial charge is 0.508 e. The van der Waals surface area contributed by atoms with Gasteiger partial charge in [-0.1, -0.05) is 30.3 Å². The zero-order valence-corrected chi connectivity index (χ0v) is 17.2. The average molecular weight is 455 g/mol. The number of nitrogens with zero attached hydrogens (tertiary/aromatic N) is 1. The molecule has 2 rings (SSSR count).